The first-order valence-corrected chi connectivity index (χ1v) is 6.33. The average molecular weight is 278 g/mol. The lowest BCUT2D eigenvalue weighted by atomic mass is 10.1. The monoisotopic (exact) mass is 278 g/mol. The SMILES string of the molecule is COc1cccc(C#N)c1Nc1nc(C)cc(C)c1C#N. The maximum atomic E-state index is 9.29. The minimum absolute atomic E-state index is 0.427. The highest BCUT2D eigenvalue weighted by Crippen LogP contribution is 2.32. The minimum atomic E-state index is 0.427. The highest BCUT2D eigenvalue weighted by Gasteiger charge is 2.14. The summed E-state index contributed by atoms with van der Waals surface area (Å²) in [5.74, 6) is 0.954. The maximum absolute atomic E-state index is 9.29. The molecule has 1 aromatic carbocycles. The number of hydrogen-bond donors (Lipinski definition) is 1. The van der Waals surface area contributed by atoms with Gasteiger partial charge < -0.3 is 10.1 Å². The van der Waals surface area contributed by atoms with Crippen molar-refractivity contribution in [2.45, 2.75) is 13.8 Å². The van der Waals surface area contributed by atoms with E-state index >= 15 is 0 Å². The van der Waals surface area contributed by atoms with E-state index in [9.17, 15) is 10.5 Å². The molecule has 0 fully saturated rings. The molecule has 0 saturated heterocycles. The number of methoxy groups -OCH3 is 1. The Morgan fingerprint density at radius 3 is 2.57 bits per heavy atom. The Morgan fingerprint density at radius 1 is 1.19 bits per heavy atom. The lowest BCUT2D eigenvalue weighted by molar-refractivity contribution is 0.416. The number of aryl methyl sites for hydroxylation is 2. The summed E-state index contributed by atoms with van der Waals surface area (Å²) in [5, 5.41) is 21.6. The second-order valence-corrected chi connectivity index (χ2v) is 4.54. The number of hydrogen-bond acceptors (Lipinski definition) is 5. The number of aromatic nitrogens is 1. The van der Waals surface area contributed by atoms with E-state index in [4.69, 9.17) is 4.74 Å². The lowest BCUT2D eigenvalue weighted by Crippen LogP contribution is -2.03. The number of benzene rings is 1. The molecule has 0 atom stereocenters. The van der Waals surface area contributed by atoms with Crippen molar-refractivity contribution < 1.29 is 4.74 Å². The Morgan fingerprint density at radius 2 is 1.95 bits per heavy atom. The van der Waals surface area contributed by atoms with E-state index in [1.165, 1.54) is 7.11 Å². The van der Waals surface area contributed by atoms with Crippen molar-refractivity contribution in [1.29, 1.82) is 10.5 Å². The smallest absolute Gasteiger partial charge is 0.149 e. The van der Waals surface area contributed by atoms with Crippen LogP contribution in [0.25, 0.3) is 0 Å². The van der Waals surface area contributed by atoms with Gasteiger partial charge in [-0.2, -0.15) is 10.5 Å². The largest absolute Gasteiger partial charge is 0.495 e. The average Bonchev–Trinajstić information content (AvgIpc) is 2.47. The third-order valence-corrected chi connectivity index (χ3v) is 3.07. The molecule has 0 spiro atoms. The van der Waals surface area contributed by atoms with Crippen LogP contribution in [0.15, 0.2) is 24.3 Å². The predicted molar refractivity (Wildman–Crippen MR) is 79.4 cm³/mol. The molecule has 0 aliphatic carbocycles. The zero-order valence-corrected chi connectivity index (χ0v) is 12.1. The van der Waals surface area contributed by atoms with Crippen molar-refractivity contribution >= 4 is 11.5 Å². The first-order chi connectivity index (χ1) is 10.1. The van der Waals surface area contributed by atoms with Crippen LogP contribution in [0.5, 0.6) is 5.75 Å². The molecule has 1 N–H and O–H groups in total. The van der Waals surface area contributed by atoms with Crippen molar-refractivity contribution in [3.05, 3.63) is 46.6 Å². The van der Waals surface area contributed by atoms with Crippen molar-refractivity contribution in [2.24, 2.45) is 0 Å². The van der Waals surface area contributed by atoms with Crippen LogP contribution in [0, 0.1) is 36.5 Å². The van der Waals surface area contributed by atoms with Crippen LogP contribution < -0.4 is 10.1 Å². The molecule has 0 amide bonds. The molecule has 1 heterocycles. The van der Waals surface area contributed by atoms with Crippen molar-refractivity contribution in [3.8, 4) is 17.9 Å². The molecule has 1 aromatic heterocycles. The Hall–Kier alpha value is -3.05. The molecule has 0 aliphatic heterocycles. The zero-order chi connectivity index (χ0) is 15.4. The van der Waals surface area contributed by atoms with E-state index in [2.05, 4.69) is 22.4 Å². The van der Waals surface area contributed by atoms with Gasteiger partial charge in [0.1, 0.15) is 29.4 Å². The molecule has 21 heavy (non-hydrogen) atoms. The van der Waals surface area contributed by atoms with Gasteiger partial charge in [-0.15, -0.1) is 0 Å². The van der Waals surface area contributed by atoms with E-state index in [1.807, 2.05) is 19.9 Å². The summed E-state index contributed by atoms with van der Waals surface area (Å²) in [6.07, 6.45) is 0. The van der Waals surface area contributed by atoms with Gasteiger partial charge in [0, 0.05) is 5.69 Å². The summed E-state index contributed by atoms with van der Waals surface area (Å²) in [7, 11) is 1.53. The molecule has 0 aliphatic rings. The number of nitrogens with one attached hydrogen (secondary N) is 1. The van der Waals surface area contributed by atoms with Crippen LogP contribution in [0.1, 0.15) is 22.4 Å². The second-order valence-electron chi connectivity index (χ2n) is 4.54. The standard InChI is InChI=1S/C16H14N4O/c1-10-7-11(2)19-16(13(10)9-18)20-15-12(8-17)5-4-6-14(15)21-3/h4-7H,1-3H3,(H,19,20). The van der Waals surface area contributed by atoms with Gasteiger partial charge in [-0.3, -0.25) is 0 Å². The van der Waals surface area contributed by atoms with E-state index in [0.29, 0.717) is 28.4 Å². The molecule has 104 valence electrons. The summed E-state index contributed by atoms with van der Waals surface area (Å²) in [6.45, 7) is 3.71. The van der Waals surface area contributed by atoms with Gasteiger partial charge >= 0.3 is 0 Å². The van der Waals surface area contributed by atoms with Crippen LogP contribution in [-0.4, -0.2) is 12.1 Å². The topological polar surface area (TPSA) is 81.7 Å². The summed E-state index contributed by atoms with van der Waals surface area (Å²) in [5.41, 5.74) is 3.02. The number of pyridine rings is 1. The fourth-order valence-electron chi connectivity index (χ4n) is 2.11. The number of para-hydroxylation sites is 1. The molecule has 2 aromatic rings. The summed E-state index contributed by atoms with van der Waals surface area (Å²) >= 11 is 0. The zero-order valence-electron chi connectivity index (χ0n) is 12.1. The molecular weight excluding hydrogens is 264 g/mol. The third kappa shape index (κ3) is 2.77. The van der Waals surface area contributed by atoms with E-state index in [0.717, 1.165) is 11.3 Å². The van der Waals surface area contributed by atoms with Crippen molar-refractivity contribution in [2.75, 3.05) is 12.4 Å². The molecule has 5 heteroatoms. The summed E-state index contributed by atoms with van der Waals surface area (Å²) in [4.78, 5) is 4.35. The minimum Gasteiger partial charge on any atom is -0.495 e. The maximum Gasteiger partial charge on any atom is 0.149 e. The molecule has 0 saturated carbocycles. The molecule has 2 rings (SSSR count). The Labute approximate surface area is 123 Å². The molecular formula is C16H14N4O. The number of ether oxygens (including phenoxy) is 1. The van der Waals surface area contributed by atoms with E-state index in [1.54, 1.807) is 18.2 Å². The Bertz CT molecular complexity index is 769. The van der Waals surface area contributed by atoms with Gasteiger partial charge in [0.05, 0.1) is 18.2 Å². The van der Waals surface area contributed by atoms with Crippen LogP contribution in [0.2, 0.25) is 0 Å². The van der Waals surface area contributed by atoms with E-state index < -0.39 is 0 Å². The molecule has 5 nitrogen and oxygen atoms in total. The Kier molecular flexibility index (Phi) is 4.06. The number of nitrogens with zero attached hydrogens (tertiary/aromatic N) is 3. The lowest BCUT2D eigenvalue weighted by Gasteiger charge is -2.14. The van der Waals surface area contributed by atoms with Gasteiger partial charge in [0.15, 0.2) is 0 Å². The van der Waals surface area contributed by atoms with Gasteiger partial charge in [0.25, 0.3) is 0 Å². The summed E-state index contributed by atoms with van der Waals surface area (Å²) in [6, 6.07) is 11.3. The number of nitriles is 2. The van der Waals surface area contributed by atoms with Gasteiger partial charge in [-0.25, -0.2) is 4.98 Å². The fourth-order valence-corrected chi connectivity index (χ4v) is 2.11. The van der Waals surface area contributed by atoms with Gasteiger partial charge in [0.2, 0.25) is 0 Å². The molecule has 0 radical (unpaired) electrons. The van der Waals surface area contributed by atoms with Crippen LogP contribution in [-0.2, 0) is 0 Å². The van der Waals surface area contributed by atoms with Crippen LogP contribution in [0.3, 0.4) is 0 Å². The van der Waals surface area contributed by atoms with Gasteiger partial charge in [-0.1, -0.05) is 6.07 Å². The van der Waals surface area contributed by atoms with E-state index in [-0.39, 0.29) is 0 Å². The highest BCUT2D eigenvalue weighted by atomic mass is 16.5. The quantitative estimate of drug-likeness (QED) is 0.932. The van der Waals surface area contributed by atoms with Crippen LogP contribution in [0.4, 0.5) is 11.5 Å². The van der Waals surface area contributed by atoms with Crippen LogP contribution >= 0.6 is 0 Å². The first-order valence-electron chi connectivity index (χ1n) is 6.33. The predicted octanol–water partition coefficient (Wildman–Crippen LogP) is 3.19. The van der Waals surface area contributed by atoms with Gasteiger partial charge in [-0.05, 0) is 37.6 Å². The normalized spacial score (nSPS) is 9.57. The molecule has 0 bridgehead atoms. The van der Waals surface area contributed by atoms with Crippen molar-refractivity contribution in [1.82, 2.24) is 4.98 Å². The first kappa shape index (κ1) is 14.4. The molecule has 0 unspecified atom stereocenters. The number of rotatable bonds is 3. The second kappa shape index (κ2) is 5.94. The summed E-state index contributed by atoms with van der Waals surface area (Å²) < 4.78 is 5.27. The number of anilines is 2. The van der Waals surface area contributed by atoms with Crippen molar-refractivity contribution in [3.63, 3.8) is 0 Å². The highest BCUT2D eigenvalue weighted by molar-refractivity contribution is 5.74. The Balaban J connectivity index is 2.59. The fraction of sp³-hybridized carbons (Fsp3) is 0.188. The third-order valence-electron chi connectivity index (χ3n) is 3.07.